The minimum absolute atomic E-state index is 0.00131. The summed E-state index contributed by atoms with van der Waals surface area (Å²) in [5, 5.41) is 0. The Bertz CT molecular complexity index is 838. The Hall–Kier alpha value is -1.61. The predicted octanol–water partition coefficient (Wildman–Crippen LogP) is 2.28. The van der Waals surface area contributed by atoms with Gasteiger partial charge in [-0.25, -0.2) is 4.39 Å². The van der Waals surface area contributed by atoms with Crippen LogP contribution in [0.4, 0.5) is 4.39 Å². The first kappa shape index (κ1) is 22.8. The van der Waals surface area contributed by atoms with Gasteiger partial charge in [-0.3, -0.25) is 19.4 Å². The molecule has 0 bridgehead atoms. The fourth-order valence-corrected chi connectivity index (χ4v) is 6.71. The second-order valence-corrected chi connectivity index (χ2v) is 10.8. The fourth-order valence-electron chi connectivity index (χ4n) is 6.71. The van der Waals surface area contributed by atoms with E-state index in [9.17, 15) is 9.59 Å². The van der Waals surface area contributed by atoms with Crippen molar-refractivity contribution >= 4 is 11.8 Å². The number of hydrogen-bond donors (Lipinski definition) is 0. The van der Waals surface area contributed by atoms with Gasteiger partial charge in [-0.05, 0) is 44.7 Å². The highest BCUT2D eigenvalue weighted by Crippen LogP contribution is 2.47. The molecule has 6 aliphatic rings. The highest BCUT2D eigenvalue weighted by Gasteiger charge is 2.58. The Morgan fingerprint density at radius 1 is 0.971 bits per heavy atom. The van der Waals surface area contributed by atoms with Gasteiger partial charge in [0.05, 0.1) is 30.1 Å². The van der Waals surface area contributed by atoms with Crippen LogP contribution in [0.2, 0.25) is 0 Å². The van der Waals surface area contributed by atoms with Gasteiger partial charge in [0.15, 0.2) is 0 Å². The van der Waals surface area contributed by atoms with Crippen molar-refractivity contribution < 1.29 is 23.5 Å². The minimum Gasteiger partial charge on any atom is -0.370 e. The van der Waals surface area contributed by atoms with E-state index in [1.807, 2.05) is 17.1 Å². The van der Waals surface area contributed by atoms with Crippen LogP contribution in [0.1, 0.15) is 44.9 Å². The zero-order chi connectivity index (χ0) is 23.3. The molecule has 0 spiro atoms. The summed E-state index contributed by atoms with van der Waals surface area (Å²) < 4.78 is 27.9. The molecule has 186 valence electrons. The second kappa shape index (κ2) is 9.12. The van der Waals surface area contributed by atoms with Gasteiger partial charge in [0.25, 0.3) is 0 Å². The Balaban J connectivity index is 0.977. The van der Waals surface area contributed by atoms with Crippen molar-refractivity contribution in [3.8, 4) is 0 Å². The number of carbonyl (C=O) groups is 2. The van der Waals surface area contributed by atoms with E-state index in [4.69, 9.17) is 9.47 Å². The summed E-state index contributed by atoms with van der Waals surface area (Å²) in [7, 11) is 0. The fraction of sp³-hybridized carbons (Fsp3) is 0.769. The molecular weight excluding hydrogens is 437 g/mol. The van der Waals surface area contributed by atoms with Crippen molar-refractivity contribution in [1.82, 2.24) is 14.7 Å². The SMILES string of the molecule is O=C1C2CC3OC3CC2C(=O)N1CCCN1CCN(C2(F)C=CC=CC2OC2CCCC2)CC1. The van der Waals surface area contributed by atoms with Crippen LogP contribution >= 0.6 is 0 Å². The van der Waals surface area contributed by atoms with Gasteiger partial charge in [0, 0.05) is 32.7 Å². The molecule has 0 aromatic rings. The zero-order valence-corrected chi connectivity index (χ0v) is 19.8. The van der Waals surface area contributed by atoms with Crippen molar-refractivity contribution in [1.29, 1.82) is 0 Å². The Morgan fingerprint density at radius 3 is 2.32 bits per heavy atom. The number of halogens is 1. The zero-order valence-electron chi connectivity index (χ0n) is 19.8. The average molecular weight is 474 g/mol. The molecule has 3 saturated heterocycles. The van der Waals surface area contributed by atoms with Crippen molar-refractivity contribution in [3.05, 3.63) is 24.3 Å². The molecule has 34 heavy (non-hydrogen) atoms. The minimum atomic E-state index is -1.60. The molecule has 0 N–H and O–H groups in total. The molecule has 3 aliphatic heterocycles. The number of alkyl halides is 1. The smallest absolute Gasteiger partial charge is 0.233 e. The number of allylic oxidation sites excluding steroid dienone is 2. The van der Waals surface area contributed by atoms with E-state index in [0.717, 1.165) is 38.9 Å². The van der Waals surface area contributed by atoms with Gasteiger partial charge in [-0.1, -0.05) is 31.1 Å². The highest BCUT2D eigenvalue weighted by molar-refractivity contribution is 6.05. The lowest BCUT2D eigenvalue weighted by molar-refractivity contribution is -0.140. The number of epoxide rings is 1. The molecule has 8 heteroatoms. The third-order valence-electron chi connectivity index (χ3n) is 8.79. The van der Waals surface area contributed by atoms with Gasteiger partial charge in [0.1, 0.15) is 6.10 Å². The van der Waals surface area contributed by atoms with E-state index in [2.05, 4.69) is 4.90 Å². The van der Waals surface area contributed by atoms with E-state index >= 15 is 4.39 Å². The normalized spacial score (nSPS) is 40.7. The van der Waals surface area contributed by atoms with Crippen LogP contribution in [-0.2, 0) is 19.1 Å². The standard InChI is InChI=1S/C26H36FN3O4/c27-26(9-4-3-8-23(26)33-18-6-1-2-7-18)29-14-12-28(13-15-29)10-5-11-30-24(31)19-16-21-22(34-21)17-20(19)25(30)32/h3-4,8-9,18-23H,1-2,5-7,10-17H2. The maximum absolute atomic E-state index is 16.2. The van der Waals surface area contributed by atoms with Crippen molar-refractivity contribution in [2.24, 2.45) is 11.8 Å². The number of fused-ring (bicyclic) bond motifs is 2. The van der Waals surface area contributed by atoms with Crippen LogP contribution in [0.25, 0.3) is 0 Å². The quantitative estimate of drug-likeness (QED) is 0.321. The number of piperazine rings is 1. The predicted molar refractivity (Wildman–Crippen MR) is 123 cm³/mol. The molecular formula is C26H36FN3O4. The van der Waals surface area contributed by atoms with E-state index in [1.165, 1.54) is 17.7 Å². The van der Waals surface area contributed by atoms with Crippen LogP contribution in [0.5, 0.6) is 0 Å². The van der Waals surface area contributed by atoms with E-state index in [0.29, 0.717) is 32.5 Å². The van der Waals surface area contributed by atoms with Gasteiger partial charge in [-0.15, -0.1) is 0 Å². The number of nitrogens with zero attached hydrogens (tertiary/aromatic N) is 3. The third-order valence-corrected chi connectivity index (χ3v) is 8.79. The first-order valence-corrected chi connectivity index (χ1v) is 13.2. The van der Waals surface area contributed by atoms with Gasteiger partial charge < -0.3 is 14.4 Å². The molecule has 2 amide bonds. The average Bonchev–Trinajstić information content (AvgIpc) is 3.36. The van der Waals surface area contributed by atoms with E-state index in [1.54, 1.807) is 12.2 Å². The van der Waals surface area contributed by atoms with Gasteiger partial charge >= 0.3 is 0 Å². The third kappa shape index (κ3) is 4.16. The Kier molecular flexibility index (Phi) is 6.12. The lowest BCUT2D eigenvalue weighted by atomic mass is 9.81. The van der Waals surface area contributed by atoms with Crippen LogP contribution in [0.3, 0.4) is 0 Å². The van der Waals surface area contributed by atoms with Crippen LogP contribution in [-0.4, -0.2) is 96.0 Å². The summed E-state index contributed by atoms with van der Waals surface area (Å²) in [6.45, 7) is 4.10. The number of carbonyl (C=O) groups excluding carboxylic acids is 2. The maximum atomic E-state index is 16.2. The molecule has 0 radical (unpaired) electrons. The summed E-state index contributed by atoms with van der Waals surface area (Å²) in [6, 6.07) is 0. The molecule has 6 atom stereocenters. The van der Waals surface area contributed by atoms with Crippen molar-refractivity contribution in [2.75, 3.05) is 39.3 Å². The first-order chi connectivity index (χ1) is 16.5. The molecule has 5 fully saturated rings. The lowest BCUT2D eigenvalue weighted by Gasteiger charge is -2.45. The number of imide groups is 1. The summed E-state index contributed by atoms with van der Waals surface area (Å²) in [5.74, 6) is -1.94. The highest BCUT2D eigenvalue weighted by atomic mass is 19.1. The van der Waals surface area contributed by atoms with Crippen molar-refractivity contribution in [3.63, 3.8) is 0 Å². The largest absolute Gasteiger partial charge is 0.370 e. The molecule has 0 aromatic heterocycles. The van der Waals surface area contributed by atoms with Crippen LogP contribution < -0.4 is 0 Å². The molecule has 6 rings (SSSR count). The summed E-state index contributed by atoms with van der Waals surface area (Å²) in [5.41, 5.74) is 0. The maximum Gasteiger partial charge on any atom is 0.233 e. The molecule has 0 aromatic carbocycles. The number of rotatable bonds is 7. The molecule has 3 heterocycles. The van der Waals surface area contributed by atoms with E-state index < -0.39 is 11.9 Å². The lowest BCUT2D eigenvalue weighted by Crippen LogP contribution is -2.60. The van der Waals surface area contributed by atoms with Crippen molar-refractivity contribution in [2.45, 2.75) is 75.2 Å². The topological polar surface area (TPSA) is 65.6 Å². The summed E-state index contributed by atoms with van der Waals surface area (Å²) in [6.07, 6.45) is 13.8. The van der Waals surface area contributed by atoms with Crippen LogP contribution in [0.15, 0.2) is 24.3 Å². The number of amides is 2. The molecule has 6 unspecified atom stereocenters. The second-order valence-electron chi connectivity index (χ2n) is 10.8. The van der Waals surface area contributed by atoms with E-state index in [-0.39, 0.29) is 42.0 Å². The molecule has 2 saturated carbocycles. The number of ether oxygens (including phenoxy) is 2. The van der Waals surface area contributed by atoms with Gasteiger partial charge in [0.2, 0.25) is 17.6 Å². The summed E-state index contributed by atoms with van der Waals surface area (Å²) in [4.78, 5) is 31.3. The molecule has 3 aliphatic carbocycles. The number of hydrogen-bond acceptors (Lipinski definition) is 6. The van der Waals surface area contributed by atoms with Gasteiger partial charge in [-0.2, -0.15) is 0 Å². The first-order valence-electron chi connectivity index (χ1n) is 13.2. The molecule has 7 nitrogen and oxygen atoms in total. The Labute approximate surface area is 200 Å². The summed E-state index contributed by atoms with van der Waals surface area (Å²) >= 11 is 0. The Morgan fingerprint density at radius 2 is 1.65 bits per heavy atom. The monoisotopic (exact) mass is 473 g/mol. The van der Waals surface area contributed by atoms with Crippen LogP contribution in [0, 0.1) is 11.8 Å². The number of likely N-dealkylation sites (tertiary alicyclic amines) is 1.